The van der Waals surface area contributed by atoms with Crippen LogP contribution in [0.15, 0.2) is 68.8 Å². The summed E-state index contributed by atoms with van der Waals surface area (Å²) in [5.41, 5.74) is 2.99. The van der Waals surface area contributed by atoms with Crippen molar-refractivity contribution < 1.29 is 24.4 Å². The lowest BCUT2D eigenvalue weighted by Crippen LogP contribution is -2.27. The molecule has 14 nitrogen and oxygen atoms in total. The first-order valence-electron chi connectivity index (χ1n) is 14.5. The van der Waals surface area contributed by atoms with Crippen molar-refractivity contribution >= 4 is 64.3 Å². The molecule has 0 amide bonds. The minimum absolute atomic E-state index is 0.104. The molecule has 50 heavy (non-hydrogen) atoms. The number of aromatic hydroxyl groups is 1. The van der Waals surface area contributed by atoms with Crippen LogP contribution < -0.4 is 9.47 Å². The van der Waals surface area contributed by atoms with Crippen LogP contribution in [0.4, 0.5) is 0 Å². The van der Waals surface area contributed by atoms with Gasteiger partial charge in [-0.05, 0) is 93.7 Å². The van der Waals surface area contributed by atoms with E-state index in [0.29, 0.717) is 43.7 Å². The molecule has 0 saturated carbocycles. The van der Waals surface area contributed by atoms with Crippen LogP contribution in [0.25, 0.3) is 16.6 Å². The first-order chi connectivity index (χ1) is 23.6. The van der Waals surface area contributed by atoms with Gasteiger partial charge in [-0.15, -0.1) is 0 Å². The van der Waals surface area contributed by atoms with E-state index >= 15 is 0 Å². The molecule has 0 aliphatic carbocycles. The third-order valence-electron chi connectivity index (χ3n) is 6.54. The molecule has 0 atom stereocenters. The Morgan fingerprint density at radius 3 is 1.56 bits per heavy atom. The Labute approximate surface area is 312 Å². The number of hydrogen-bond donors (Lipinski definition) is 2. The molecular weight excluding hydrogens is 842 g/mol. The number of aromatic nitrogens is 6. The van der Waals surface area contributed by atoms with Crippen molar-refractivity contribution in [3.05, 3.63) is 85.5 Å². The number of nitriles is 3. The molecule has 258 valence electrons. The number of hydrogen-bond acceptors (Lipinski definition) is 11. The van der Waals surface area contributed by atoms with Crippen LogP contribution in [0.3, 0.4) is 0 Å². The van der Waals surface area contributed by atoms with Crippen LogP contribution in [0.5, 0.6) is 17.2 Å². The summed E-state index contributed by atoms with van der Waals surface area (Å²) in [6, 6.07) is 11.2. The van der Waals surface area contributed by atoms with Crippen molar-refractivity contribution in [3.8, 4) is 35.5 Å². The van der Waals surface area contributed by atoms with Gasteiger partial charge in [0.2, 0.25) is 0 Å². The maximum absolute atomic E-state index is 9.60. The maximum atomic E-state index is 9.60. The molecule has 6 aromatic heterocycles. The quantitative estimate of drug-likeness (QED) is 0.182. The smallest absolute Gasteiger partial charge is 0.138 e. The largest absolute Gasteiger partial charge is 0.506 e. The summed E-state index contributed by atoms with van der Waals surface area (Å²) < 4.78 is 22.3. The Bertz CT molecular complexity index is 2280. The third-order valence-corrected chi connectivity index (χ3v) is 8.36. The van der Waals surface area contributed by atoms with Gasteiger partial charge in [0.1, 0.15) is 42.1 Å². The Morgan fingerprint density at radius 2 is 1.18 bits per heavy atom. The molecule has 1 saturated heterocycles. The molecule has 1 aliphatic heterocycles. The fourth-order valence-corrected chi connectivity index (χ4v) is 5.87. The van der Waals surface area contributed by atoms with Crippen LogP contribution in [0.1, 0.15) is 44.4 Å². The van der Waals surface area contributed by atoms with Gasteiger partial charge >= 0.3 is 0 Å². The van der Waals surface area contributed by atoms with Crippen LogP contribution in [0.2, 0.25) is 0 Å². The zero-order valence-electron chi connectivity index (χ0n) is 27.4. The van der Waals surface area contributed by atoms with Gasteiger partial charge in [0.15, 0.2) is 0 Å². The van der Waals surface area contributed by atoms with Gasteiger partial charge in [0, 0.05) is 13.4 Å². The molecular formula is C33H30Br3N9O5. The highest BCUT2D eigenvalue weighted by Gasteiger charge is 2.32. The average molecular weight is 872 g/mol. The molecule has 7 rings (SSSR count). The second-order valence-electron chi connectivity index (χ2n) is 11.8. The topological polar surface area (TPSA) is 195 Å². The fraction of sp³-hybridized carbons (Fsp3) is 0.273. The second-order valence-corrected chi connectivity index (χ2v) is 14.4. The standard InChI is InChI=1S/C12H12BrN3O2.C9H6BrN3O.C8H4BrN3O.C4H8O/c1-12(2,17)7-18-9-3-10(13)11-8(4-14)5-15-16(11)6-9;1-14-7-2-8(10)9-6(3-11)4-12-13(9)5-7;9-7-1-6(13)4-12-8(7)5(2-10)3-11-12;1-4(2)3-5-4/h3,5-6,17H,7H2,1-2H3;2,4-5H,1H3;1,3-4,13H;3H2,1-2H3. The van der Waals surface area contributed by atoms with E-state index in [1.54, 1.807) is 54.5 Å². The third kappa shape index (κ3) is 9.72. The summed E-state index contributed by atoms with van der Waals surface area (Å²) in [5.74, 6) is 1.37. The van der Waals surface area contributed by atoms with E-state index in [0.717, 1.165) is 21.1 Å². The molecule has 7 heterocycles. The van der Waals surface area contributed by atoms with E-state index in [1.807, 2.05) is 6.07 Å². The van der Waals surface area contributed by atoms with Crippen molar-refractivity contribution in [1.29, 1.82) is 15.8 Å². The van der Waals surface area contributed by atoms with Gasteiger partial charge in [-0.3, -0.25) is 0 Å². The lowest BCUT2D eigenvalue weighted by molar-refractivity contribution is 0.0283. The second kappa shape index (κ2) is 15.9. The van der Waals surface area contributed by atoms with Crippen molar-refractivity contribution in [3.63, 3.8) is 0 Å². The highest BCUT2D eigenvalue weighted by molar-refractivity contribution is 9.11. The van der Waals surface area contributed by atoms with Crippen molar-refractivity contribution in [2.75, 3.05) is 20.3 Å². The van der Waals surface area contributed by atoms with E-state index < -0.39 is 5.60 Å². The maximum Gasteiger partial charge on any atom is 0.138 e. The molecule has 0 radical (unpaired) electrons. The van der Waals surface area contributed by atoms with Crippen molar-refractivity contribution in [1.82, 2.24) is 28.8 Å². The number of epoxide rings is 1. The number of fused-ring (bicyclic) bond motifs is 3. The highest BCUT2D eigenvalue weighted by Crippen LogP contribution is 2.28. The van der Waals surface area contributed by atoms with E-state index in [2.05, 4.69) is 89.1 Å². The molecule has 6 aromatic rings. The Hall–Kier alpha value is -4.70. The van der Waals surface area contributed by atoms with Gasteiger partial charge < -0.3 is 24.4 Å². The zero-order valence-corrected chi connectivity index (χ0v) is 32.1. The van der Waals surface area contributed by atoms with Gasteiger partial charge in [0.25, 0.3) is 0 Å². The molecule has 17 heteroatoms. The Kier molecular flexibility index (Phi) is 12.1. The SMILES string of the molecule is CC(C)(O)COc1cc(Br)c2c(C#N)cnn2c1.CC1(C)CO1.COc1cc(Br)c2c(C#N)cnn2c1.N#Cc1cnn2cc(O)cc(Br)c12. The Balaban J connectivity index is 0.000000159. The summed E-state index contributed by atoms with van der Waals surface area (Å²) in [7, 11) is 1.59. The van der Waals surface area contributed by atoms with E-state index in [1.165, 1.54) is 35.4 Å². The summed E-state index contributed by atoms with van der Waals surface area (Å²) in [6.45, 7) is 8.62. The molecule has 0 aromatic carbocycles. The average Bonchev–Trinajstić information content (AvgIpc) is 3.43. The zero-order chi connectivity index (χ0) is 36.8. The lowest BCUT2D eigenvalue weighted by Gasteiger charge is -2.17. The molecule has 2 N–H and O–H groups in total. The molecule has 0 spiro atoms. The van der Waals surface area contributed by atoms with Gasteiger partial charge in [-0.1, -0.05) is 0 Å². The summed E-state index contributed by atoms with van der Waals surface area (Å²) in [5, 5.41) is 57.3. The van der Waals surface area contributed by atoms with Crippen molar-refractivity contribution in [2.24, 2.45) is 0 Å². The van der Waals surface area contributed by atoms with Crippen molar-refractivity contribution in [2.45, 2.75) is 38.9 Å². The number of nitrogens with zero attached hydrogens (tertiary/aromatic N) is 9. The minimum atomic E-state index is -0.899. The summed E-state index contributed by atoms with van der Waals surface area (Å²) >= 11 is 10.00. The summed E-state index contributed by atoms with van der Waals surface area (Å²) in [6.07, 6.45) is 9.33. The van der Waals surface area contributed by atoms with E-state index in [9.17, 15) is 10.2 Å². The Morgan fingerprint density at radius 1 is 0.800 bits per heavy atom. The molecule has 1 aliphatic rings. The van der Waals surface area contributed by atoms with Crippen LogP contribution >= 0.6 is 47.8 Å². The van der Waals surface area contributed by atoms with E-state index in [-0.39, 0.29) is 18.0 Å². The predicted molar refractivity (Wildman–Crippen MR) is 193 cm³/mol. The summed E-state index contributed by atoms with van der Waals surface area (Å²) in [4.78, 5) is 0. The number of halogens is 3. The highest BCUT2D eigenvalue weighted by atomic mass is 79.9. The first kappa shape index (κ1) is 38.1. The van der Waals surface area contributed by atoms with Gasteiger partial charge in [0.05, 0.1) is 95.3 Å². The molecule has 0 bridgehead atoms. The van der Waals surface area contributed by atoms with Gasteiger partial charge in [-0.25, -0.2) is 13.5 Å². The monoisotopic (exact) mass is 869 g/mol. The minimum Gasteiger partial charge on any atom is -0.506 e. The normalized spacial score (nSPS) is 12.6. The number of rotatable bonds is 4. The van der Waals surface area contributed by atoms with Crippen LogP contribution in [-0.2, 0) is 4.74 Å². The molecule has 0 unspecified atom stereocenters. The number of ether oxygens (including phenoxy) is 3. The van der Waals surface area contributed by atoms with Gasteiger partial charge in [-0.2, -0.15) is 31.1 Å². The number of aliphatic hydroxyl groups is 1. The fourth-order valence-electron chi connectivity index (χ4n) is 4.00. The number of pyridine rings is 3. The molecule has 1 fully saturated rings. The lowest BCUT2D eigenvalue weighted by atomic mass is 10.2. The van der Waals surface area contributed by atoms with Crippen LogP contribution in [0, 0.1) is 34.0 Å². The first-order valence-corrected chi connectivity index (χ1v) is 16.9. The predicted octanol–water partition coefficient (Wildman–Crippen LogP) is 6.56. The van der Waals surface area contributed by atoms with E-state index in [4.69, 9.17) is 30.0 Å². The van der Waals surface area contributed by atoms with Crippen LogP contribution in [-0.4, -0.2) is 70.6 Å². The number of methoxy groups -OCH3 is 1.